The minimum Gasteiger partial charge on any atom is -0.298 e. The van der Waals surface area contributed by atoms with Crippen molar-refractivity contribution in [3.8, 4) is 6.07 Å². The van der Waals surface area contributed by atoms with E-state index in [1.54, 1.807) is 24.3 Å². The molecule has 1 aromatic heterocycles. The summed E-state index contributed by atoms with van der Waals surface area (Å²) in [5, 5.41) is 12.7. The summed E-state index contributed by atoms with van der Waals surface area (Å²) in [6.07, 6.45) is 0. The summed E-state index contributed by atoms with van der Waals surface area (Å²) in [6.45, 7) is 1.93. The molecular formula is C16H10ClN3OS. The zero-order valence-corrected chi connectivity index (χ0v) is 13.1. The van der Waals surface area contributed by atoms with Crippen LogP contribution in [-0.2, 0) is 0 Å². The largest absolute Gasteiger partial charge is 0.298 e. The normalized spacial score (nSPS) is 10.4. The Morgan fingerprint density at radius 3 is 2.73 bits per heavy atom. The highest BCUT2D eigenvalue weighted by Gasteiger charge is 2.11. The summed E-state index contributed by atoms with van der Waals surface area (Å²) in [5.74, 6) is -0.257. The van der Waals surface area contributed by atoms with Gasteiger partial charge in [-0.2, -0.15) is 5.26 Å². The van der Waals surface area contributed by atoms with Gasteiger partial charge in [0.25, 0.3) is 5.91 Å². The van der Waals surface area contributed by atoms with Crippen LogP contribution in [-0.4, -0.2) is 10.9 Å². The Kier molecular flexibility index (Phi) is 3.80. The molecule has 1 amide bonds. The maximum Gasteiger partial charge on any atom is 0.257 e. The molecule has 1 heterocycles. The predicted molar refractivity (Wildman–Crippen MR) is 88.5 cm³/mol. The highest BCUT2D eigenvalue weighted by molar-refractivity contribution is 7.22. The fourth-order valence-electron chi connectivity index (χ4n) is 2.07. The molecule has 0 saturated carbocycles. The first-order valence-corrected chi connectivity index (χ1v) is 7.64. The number of thiazole rings is 1. The molecule has 0 unspecified atom stereocenters. The molecular weight excluding hydrogens is 318 g/mol. The van der Waals surface area contributed by atoms with Gasteiger partial charge >= 0.3 is 0 Å². The second-order valence-electron chi connectivity index (χ2n) is 4.73. The lowest BCUT2D eigenvalue weighted by atomic mass is 10.1. The number of carbonyl (C=O) groups excluding carboxylic acids is 1. The van der Waals surface area contributed by atoms with Gasteiger partial charge < -0.3 is 0 Å². The Morgan fingerprint density at radius 2 is 2.05 bits per heavy atom. The van der Waals surface area contributed by atoms with E-state index in [-0.39, 0.29) is 5.91 Å². The highest BCUT2D eigenvalue weighted by Crippen LogP contribution is 2.31. The minimum atomic E-state index is -0.257. The second-order valence-corrected chi connectivity index (χ2v) is 6.20. The van der Waals surface area contributed by atoms with E-state index < -0.39 is 0 Å². The topological polar surface area (TPSA) is 65.8 Å². The number of nitrogens with zero attached hydrogens (tertiary/aromatic N) is 2. The van der Waals surface area contributed by atoms with Gasteiger partial charge in [0.05, 0.1) is 21.8 Å². The second kappa shape index (κ2) is 5.76. The van der Waals surface area contributed by atoms with Gasteiger partial charge in [-0.15, -0.1) is 0 Å². The SMILES string of the molecule is Cc1cc(Cl)cc2sc(NC(=O)c3ccc(C#N)cc3)nc12. The molecule has 22 heavy (non-hydrogen) atoms. The third-order valence-electron chi connectivity index (χ3n) is 3.15. The lowest BCUT2D eigenvalue weighted by Gasteiger charge is -2.01. The van der Waals surface area contributed by atoms with Gasteiger partial charge in [0.1, 0.15) is 0 Å². The molecule has 3 rings (SSSR count). The van der Waals surface area contributed by atoms with Crippen LogP contribution in [0.5, 0.6) is 0 Å². The Hall–Kier alpha value is -2.42. The lowest BCUT2D eigenvalue weighted by molar-refractivity contribution is 0.102. The summed E-state index contributed by atoms with van der Waals surface area (Å²) in [6, 6.07) is 12.1. The number of aromatic nitrogens is 1. The van der Waals surface area contributed by atoms with E-state index in [0.29, 0.717) is 21.3 Å². The molecule has 0 fully saturated rings. The van der Waals surface area contributed by atoms with Crippen molar-refractivity contribution in [2.75, 3.05) is 5.32 Å². The number of hydrogen-bond acceptors (Lipinski definition) is 4. The van der Waals surface area contributed by atoms with E-state index in [4.69, 9.17) is 16.9 Å². The van der Waals surface area contributed by atoms with Crippen LogP contribution in [0.3, 0.4) is 0 Å². The Balaban J connectivity index is 1.87. The molecule has 0 aliphatic carbocycles. The average Bonchev–Trinajstić information content (AvgIpc) is 2.90. The van der Waals surface area contributed by atoms with Crippen LogP contribution in [0.4, 0.5) is 5.13 Å². The number of hydrogen-bond donors (Lipinski definition) is 1. The number of nitrogens with one attached hydrogen (secondary N) is 1. The predicted octanol–water partition coefficient (Wildman–Crippen LogP) is 4.38. The van der Waals surface area contributed by atoms with Crippen LogP contribution in [0.25, 0.3) is 10.2 Å². The quantitative estimate of drug-likeness (QED) is 0.759. The number of fused-ring (bicyclic) bond motifs is 1. The average molecular weight is 328 g/mol. The molecule has 0 saturated heterocycles. The van der Waals surface area contributed by atoms with E-state index in [1.807, 2.05) is 25.1 Å². The van der Waals surface area contributed by atoms with Crippen molar-refractivity contribution < 1.29 is 4.79 Å². The summed E-state index contributed by atoms with van der Waals surface area (Å²) in [5.41, 5.74) is 2.80. The number of aryl methyl sites for hydroxylation is 1. The lowest BCUT2D eigenvalue weighted by Crippen LogP contribution is -2.11. The van der Waals surface area contributed by atoms with Gasteiger partial charge in [-0.05, 0) is 48.9 Å². The van der Waals surface area contributed by atoms with Crippen molar-refractivity contribution in [3.63, 3.8) is 0 Å². The van der Waals surface area contributed by atoms with E-state index in [1.165, 1.54) is 11.3 Å². The number of halogens is 1. The van der Waals surface area contributed by atoms with Crippen molar-refractivity contribution in [1.29, 1.82) is 5.26 Å². The third-order valence-corrected chi connectivity index (χ3v) is 4.28. The van der Waals surface area contributed by atoms with E-state index in [2.05, 4.69) is 10.3 Å². The Morgan fingerprint density at radius 1 is 1.32 bits per heavy atom. The highest BCUT2D eigenvalue weighted by atomic mass is 35.5. The smallest absolute Gasteiger partial charge is 0.257 e. The molecule has 0 atom stereocenters. The van der Waals surface area contributed by atoms with Crippen LogP contribution >= 0.6 is 22.9 Å². The van der Waals surface area contributed by atoms with E-state index >= 15 is 0 Å². The number of carbonyl (C=O) groups is 1. The van der Waals surface area contributed by atoms with Gasteiger partial charge in [0, 0.05) is 10.6 Å². The van der Waals surface area contributed by atoms with Crippen LogP contribution in [0.15, 0.2) is 36.4 Å². The third kappa shape index (κ3) is 2.80. The number of nitriles is 1. The summed E-state index contributed by atoms with van der Waals surface area (Å²) in [4.78, 5) is 16.6. The molecule has 6 heteroatoms. The molecule has 0 radical (unpaired) electrons. The molecule has 1 N–H and O–H groups in total. The van der Waals surface area contributed by atoms with Gasteiger partial charge in [0.15, 0.2) is 5.13 Å². The molecule has 3 aromatic rings. The fraction of sp³-hybridized carbons (Fsp3) is 0.0625. The summed E-state index contributed by atoms with van der Waals surface area (Å²) < 4.78 is 0.931. The van der Waals surface area contributed by atoms with Crippen molar-refractivity contribution in [3.05, 3.63) is 58.1 Å². The van der Waals surface area contributed by atoms with Crippen molar-refractivity contribution >= 4 is 44.2 Å². The molecule has 0 aliphatic heterocycles. The molecule has 0 spiro atoms. The summed E-state index contributed by atoms with van der Waals surface area (Å²) >= 11 is 7.41. The van der Waals surface area contributed by atoms with Gasteiger partial charge in [-0.1, -0.05) is 22.9 Å². The molecule has 0 aliphatic rings. The van der Waals surface area contributed by atoms with Crippen molar-refractivity contribution in [1.82, 2.24) is 4.98 Å². The zero-order chi connectivity index (χ0) is 15.7. The first-order valence-electron chi connectivity index (χ1n) is 6.45. The van der Waals surface area contributed by atoms with Gasteiger partial charge in [-0.3, -0.25) is 10.1 Å². The monoisotopic (exact) mass is 327 g/mol. The summed E-state index contributed by atoms with van der Waals surface area (Å²) in [7, 11) is 0. The van der Waals surface area contributed by atoms with Crippen LogP contribution in [0.1, 0.15) is 21.5 Å². The molecule has 4 nitrogen and oxygen atoms in total. The van der Waals surface area contributed by atoms with Crippen LogP contribution < -0.4 is 5.32 Å². The maximum atomic E-state index is 12.2. The molecule has 0 bridgehead atoms. The molecule has 108 valence electrons. The van der Waals surface area contributed by atoms with E-state index in [0.717, 1.165) is 15.8 Å². The Labute approximate surface area is 136 Å². The number of rotatable bonds is 2. The van der Waals surface area contributed by atoms with Crippen molar-refractivity contribution in [2.24, 2.45) is 0 Å². The zero-order valence-electron chi connectivity index (χ0n) is 11.6. The number of amides is 1. The minimum absolute atomic E-state index is 0.257. The first-order chi connectivity index (χ1) is 10.6. The number of anilines is 1. The molecule has 2 aromatic carbocycles. The van der Waals surface area contributed by atoms with Gasteiger partial charge in [-0.25, -0.2) is 4.98 Å². The number of benzene rings is 2. The van der Waals surface area contributed by atoms with E-state index in [9.17, 15) is 4.79 Å². The van der Waals surface area contributed by atoms with Crippen LogP contribution in [0.2, 0.25) is 5.02 Å². The standard InChI is InChI=1S/C16H10ClN3OS/c1-9-6-12(17)7-13-14(9)19-16(22-13)20-15(21)11-4-2-10(8-18)3-5-11/h2-7H,1H3,(H,19,20,21). The fourth-order valence-corrected chi connectivity index (χ4v) is 3.39. The first kappa shape index (κ1) is 14.5. The van der Waals surface area contributed by atoms with Crippen LogP contribution in [0, 0.1) is 18.3 Å². The van der Waals surface area contributed by atoms with Crippen molar-refractivity contribution in [2.45, 2.75) is 6.92 Å². The Bertz CT molecular complexity index is 910. The van der Waals surface area contributed by atoms with Gasteiger partial charge in [0.2, 0.25) is 0 Å². The maximum absolute atomic E-state index is 12.2.